The number of phenols is 1. The van der Waals surface area contributed by atoms with Gasteiger partial charge in [-0.3, -0.25) is 4.72 Å². The second-order valence-corrected chi connectivity index (χ2v) is 5.50. The van der Waals surface area contributed by atoms with E-state index in [4.69, 9.17) is 16.3 Å². The van der Waals surface area contributed by atoms with Crippen molar-refractivity contribution in [3.05, 3.63) is 23.2 Å². The van der Waals surface area contributed by atoms with Gasteiger partial charge < -0.3 is 9.84 Å². The average molecular weight is 280 g/mol. The van der Waals surface area contributed by atoms with Crippen molar-refractivity contribution < 1.29 is 18.3 Å². The van der Waals surface area contributed by atoms with Crippen LogP contribution in [0, 0.1) is 0 Å². The van der Waals surface area contributed by atoms with Crippen LogP contribution in [0.3, 0.4) is 0 Å². The first kappa shape index (κ1) is 14.1. The van der Waals surface area contributed by atoms with Gasteiger partial charge in [-0.2, -0.15) is 0 Å². The van der Waals surface area contributed by atoms with Gasteiger partial charge in [0.25, 0.3) is 0 Å². The fraction of sp³-hybridized carbons (Fsp3) is 0.400. The standard InChI is InChI=1S/C10H14ClNO4S/c1-2-16-6-7-17(14,15)12-9-5-3-4-8(11)10(9)13/h3-5,12-13H,2,6-7H2,1H3. The lowest BCUT2D eigenvalue weighted by Gasteiger charge is -2.10. The molecule has 0 saturated heterocycles. The molecule has 5 nitrogen and oxygen atoms in total. The quantitative estimate of drug-likeness (QED) is 0.615. The van der Waals surface area contributed by atoms with Gasteiger partial charge in [0.05, 0.1) is 23.1 Å². The number of anilines is 1. The van der Waals surface area contributed by atoms with E-state index in [0.717, 1.165) is 0 Å². The number of benzene rings is 1. The average Bonchev–Trinajstić information content (AvgIpc) is 2.25. The SMILES string of the molecule is CCOCCS(=O)(=O)Nc1cccc(Cl)c1O. The molecule has 0 bridgehead atoms. The molecule has 17 heavy (non-hydrogen) atoms. The van der Waals surface area contributed by atoms with E-state index in [0.29, 0.717) is 6.61 Å². The molecule has 1 aromatic rings. The number of aromatic hydroxyl groups is 1. The molecule has 0 aliphatic heterocycles. The minimum Gasteiger partial charge on any atom is -0.504 e. The molecule has 2 N–H and O–H groups in total. The van der Waals surface area contributed by atoms with Crippen LogP contribution in [0.5, 0.6) is 5.75 Å². The Morgan fingerprint density at radius 3 is 2.82 bits per heavy atom. The number of rotatable bonds is 6. The van der Waals surface area contributed by atoms with Crippen LogP contribution in [0.25, 0.3) is 0 Å². The van der Waals surface area contributed by atoms with Crippen LogP contribution in [-0.4, -0.2) is 32.5 Å². The monoisotopic (exact) mass is 279 g/mol. The Labute approximate surface area is 105 Å². The van der Waals surface area contributed by atoms with Gasteiger partial charge in [0.2, 0.25) is 10.0 Å². The number of para-hydroxylation sites is 1. The molecule has 1 aromatic carbocycles. The van der Waals surface area contributed by atoms with E-state index in [2.05, 4.69) is 4.72 Å². The number of phenolic OH excluding ortho intramolecular Hbond substituents is 1. The van der Waals surface area contributed by atoms with E-state index in [1.807, 2.05) is 0 Å². The zero-order valence-corrected chi connectivity index (χ0v) is 10.9. The minimum atomic E-state index is -3.54. The Hall–Kier alpha value is -0.980. The Morgan fingerprint density at radius 1 is 1.47 bits per heavy atom. The molecule has 0 heterocycles. The van der Waals surface area contributed by atoms with Crippen LogP contribution >= 0.6 is 11.6 Å². The van der Waals surface area contributed by atoms with Crippen molar-refractivity contribution in [2.45, 2.75) is 6.92 Å². The lowest BCUT2D eigenvalue weighted by Crippen LogP contribution is -2.20. The predicted octanol–water partition coefficient (Wildman–Crippen LogP) is 1.82. The second kappa shape index (κ2) is 6.09. The Kier molecular flexibility index (Phi) is 5.04. The summed E-state index contributed by atoms with van der Waals surface area (Å²) in [4.78, 5) is 0. The normalized spacial score (nSPS) is 11.4. The number of ether oxygens (including phenoxy) is 1. The van der Waals surface area contributed by atoms with Gasteiger partial charge in [0.1, 0.15) is 0 Å². The zero-order chi connectivity index (χ0) is 12.9. The molecule has 96 valence electrons. The highest BCUT2D eigenvalue weighted by atomic mass is 35.5. The number of hydrogen-bond donors (Lipinski definition) is 2. The molecule has 0 spiro atoms. The van der Waals surface area contributed by atoms with Crippen molar-refractivity contribution in [3.8, 4) is 5.75 Å². The minimum absolute atomic E-state index is 0.0639. The molecule has 0 fully saturated rings. The van der Waals surface area contributed by atoms with Gasteiger partial charge in [-0.25, -0.2) is 8.42 Å². The molecule has 0 radical (unpaired) electrons. The number of hydrogen-bond acceptors (Lipinski definition) is 4. The third-order valence-corrected chi connectivity index (χ3v) is 3.49. The molecule has 1 rings (SSSR count). The topological polar surface area (TPSA) is 75.6 Å². The molecular formula is C10H14ClNO4S. The fourth-order valence-electron chi connectivity index (χ4n) is 1.13. The molecule has 0 atom stereocenters. The van der Waals surface area contributed by atoms with Crippen molar-refractivity contribution in [2.24, 2.45) is 0 Å². The zero-order valence-electron chi connectivity index (χ0n) is 9.31. The molecule has 7 heteroatoms. The molecular weight excluding hydrogens is 266 g/mol. The van der Waals surface area contributed by atoms with Crippen LogP contribution in [0.1, 0.15) is 6.92 Å². The third kappa shape index (κ3) is 4.41. The lowest BCUT2D eigenvalue weighted by molar-refractivity contribution is 0.163. The van der Waals surface area contributed by atoms with Gasteiger partial charge in [-0.1, -0.05) is 17.7 Å². The molecule has 0 aliphatic rings. The van der Waals surface area contributed by atoms with Crippen molar-refractivity contribution >= 4 is 27.3 Å². The summed E-state index contributed by atoms with van der Waals surface area (Å²) in [7, 11) is -3.54. The van der Waals surface area contributed by atoms with Crippen LogP contribution in [-0.2, 0) is 14.8 Å². The number of halogens is 1. The smallest absolute Gasteiger partial charge is 0.235 e. The van der Waals surface area contributed by atoms with E-state index < -0.39 is 10.0 Å². The van der Waals surface area contributed by atoms with Crippen LogP contribution < -0.4 is 4.72 Å². The van der Waals surface area contributed by atoms with E-state index in [1.165, 1.54) is 12.1 Å². The summed E-state index contributed by atoms with van der Waals surface area (Å²) in [5.41, 5.74) is 0.0639. The van der Waals surface area contributed by atoms with Crippen molar-refractivity contribution in [3.63, 3.8) is 0 Å². The van der Waals surface area contributed by atoms with E-state index >= 15 is 0 Å². The highest BCUT2D eigenvalue weighted by molar-refractivity contribution is 7.92. The highest BCUT2D eigenvalue weighted by Crippen LogP contribution is 2.31. The molecule has 0 amide bonds. The summed E-state index contributed by atoms with van der Waals surface area (Å²) >= 11 is 5.66. The largest absolute Gasteiger partial charge is 0.504 e. The van der Waals surface area contributed by atoms with Gasteiger partial charge in [0, 0.05) is 6.61 Å². The first-order chi connectivity index (χ1) is 7.96. The predicted molar refractivity (Wildman–Crippen MR) is 67.0 cm³/mol. The van der Waals surface area contributed by atoms with Crippen molar-refractivity contribution in [2.75, 3.05) is 23.7 Å². The third-order valence-electron chi connectivity index (χ3n) is 1.95. The second-order valence-electron chi connectivity index (χ2n) is 3.25. The van der Waals surface area contributed by atoms with Gasteiger partial charge >= 0.3 is 0 Å². The summed E-state index contributed by atoms with van der Waals surface area (Å²) in [5, 5.41) is 9.63. The van der Waals surface area contributed by atoms with Crippen molar-refractivity contribution in [1.29, 1.82) is 0 Å². The van der Waals surface area contributed by atoms with Gasteiger partial charge in [0.15, 0.2) is 5.75 Å². The van der Waals surface area contributed by atoms with Gasteiger partial charge in [-0.15, -0.1) is 0 Å². The maximum absolute atomic E-state index is 11.6. The summed E-state index contributed by atoms with van der Waals surface area (Å²) in [5.74, 6) is -0.457. The summed E-state index contributed by atoms with van der Waals surface area (Å²) in [6.07, 6.45) is 0. The molecule has 0 unspecified atom stereocenters. The highest BCUT2D eigenvalue weighted by Gasteiger charge is 2.13. The Morgan fingerprint density at radius 2 is 2.18 bits per heavy atom. The van der Waals surface area contributed by atoms with Crippen LogP contribution in [0.15, 0.2) is 18.2 Å². The van der Waals surface area contributed by atoms with Crippen molar-refractivity contribution in [1.82, 2.24) is 0 Å². The summed E-state index contributed by atoms with van der Waals surface area (Å²) in [6.45, 7) is 2.34. The Bertz CT molecular complexity index is 475. The number of sulfonamides is 1. The maximum atomic E-state index is 11.6. The van der Waals surface area contributed by atoms with E-state index in [-0.39, 0.29) is 28.8 Å². The molecule has 0 saturated carbocycles. The Balaban J connectivity index is 2.73. The fourth-order valence-corrected chi connectivity index (χ4v) is 2.24. The van der Waals surface area contributed by atoms with Gasteiger partial charge in [-0.05, 0) is 19.1 Å². The first-order valence-electron chi connectivity index (χ1n) is 5.02. The van der Waals surface area contributed by atoms with E-state index in [9.17, 15) is 13.5 Å². The maximum Gasteiger partial charge on any atom is 0.235 e. The molecule has 0 aromatic heterocycles. The summed E-state index contributed by atoms with van der Waals surface area (Å²) in [6, 6.07) is 4.44. The van der Waals surface area contributed by atoms with E-state index in [1.54, 1.807) is 13.0 Å². The molecule has 0 aliphatic carbocycles. The number of nitrogens with one attached hydrogen (secondary N) is 1. The van der Waals surface area contributed by atoms with Crippen LogP contribution in [0.4, 0.5) is 5.69 Å². The first-order valence-corrected chi connectivity index (χ1v) is 7.05. The van der Waals surface area contributed by atoms with Crippen LogP contribution in [0.2, 0.25) is 5.02 Å². The lowest BCUT2D eigenvalue weighted by atomic mass is 10.3. The summed E-state index contributed by atoms with van der Waals surface area (Å²) < 4.78 is 30.4.